The number of hydrogen-bond acceptors (Lipinski definition) is 6. The average molecular weight is 451 g/mol. The third-order valence-corrected chi connectivity index (χ3v) is 8.43. The smallest absolute Gasteiger partial charge is 0.349 e. The van der Waals surface area contributed by atoms with Crippen LogP contribution in [-0.2, 0) is 14.8 Å². The fourth-order valence-corrected chi connectivity index (χ4v) is 6.88. The van der Waals surface area contributed by atoms with Gasteiger partial charge in [0.1, 0.15) is 9.77 Å². The van der Waals surface area contributed by atoms with E-state index in [-0.39, 0.29) is 9.77 Å². The van der Waals surface area contributed by atoms with E-state index >= 15 is 0 Å². The van der Waals surface area contributed by atoms with E-state index in [1.165, 1.54) is 11.4 Å². The molecule has 0 bridgehead atoms. The molecule has 0 amide bonds. The molecule has 1 aromatic heterocycles. The van der Waals surface area contributed by atoms with Gasteiger partial charge in [0.05, 0.1) is 7.11 Å². The lowest BCUT2D eigenvalue weighted by molar-refractivity contribution is 0.0602. The van der Waals surface area contributed by atoms with Gasteiger partial charge in [-0.15, -0.1) is 11.3 Å². The first-order chi connectivity index (χ1) is 13.9. The molecule has 0 atom stereocenters. The Hall–Kier alpha value is -2.13. The molecule has 0 aliphatic carbocycles. The van der Waals surface area contributed by atoms with E-state index in [0.717, 1.165) is 21.7 Å². The van der Waals surface area contributed by atoms with Gasteiger partial charge in [0.2, 0.25) is 10.0 Å². The first kappa shape index (κ1) is 20.2. The maximum atomic E-state index is 13.5. The van der Waals surface area contributed by atoms with Crippen LogP contribution in [0.4, 0.5) is 5.69 Å². The van der Waals surface area contributed by atoms with E-state index in [1.807, 2.05) is 36.4 Å². The summed E-state index contributed by atoms with van der Waals surface area (Å²) in [6.45, 7) is 1.71. The van der Waals surface area contributed by atoms with Gasteiger partial charge in [-0.1, -0.05) is 35.9 Å². The van der Waals surface area contributed by atoms with Crippen LogP contribution >= 0.6 is 22.9 Å². The molecule has 1 aliphatic heterocycles. The number of methoxy groups -OCH3 is 1. The summed E-state index contributed by atoms with van der Waals surface area (Å²) in [5.74, 6) is -0.637. The van der Waals surface area contributed by atoms with E-state index in [4.69, 9.17) is 16.3 Å². The summed E-state index contributed by atoms with van der Waals surface area (Å²) in [5.41, 5.74) is 0.964. The number of nitrogens with zero attached hydrogens (tertiary/aromatic N) is 2. The molecule has 1 aliphatic rings. The summed E-state index contributed by atoms with van der Waals surface area (Å²) in [6.07, 6.45) is 0. The zero-order valence-electron chi connectivity index (χ0n) is 15.7. The number of esters is 1. The molecule has 0 saturated carbocycles. The number of carbonyl (C=O) groups excluding carboxylic acids is 1. The number of fused-ring (bicyclic) bond motifs is 1. The molecule has 0 spiro atoms. The second kappa shape index (κ2) is 7.95. The maximum Gasteiger partial charge on any atom is 0.349 e. The monoisotopic (exact) mass is 450 g/mol. The SMILES string of the molecule is COC(=O)c1sc2ccccc2c1S(=O)(=O)N1CCN(c2cccc(Cl)c2)CC1. The summed E-state index contributed by atoms with van der Waals surface area (Å²) < 4.78 is 34.0. The predicted molar refractivity (Wildman–Crippen MR) is 116 cm³/mol. The Balaban J connectivity index is 1.66. The van der Waals surface area contributed by atoms with Crippen molar-refractivity contribution >= 4 is 54.7 Å². The number of sulfonamides is 1. The van der Waals surface area contributed by atoms with Crippen molar-refractivity contribution in [1.82, 2.24) is 4.31 Å². The van der Waals surface area contributed by atoms with Gasteiger partial charge in [0.15, 0.2) is 0 Å². The van der Waals surface area contributed by atoms with Gasteiger partial charge >= 0.3 is 5.97 Å². The first-order valence-electron chi connectivity index (χ1n) is 9.02. The van der Waals surface area contributed by atoms with Gasteiger partial charge in [-0.3, -0.25) is 0 Å². The molecule has 0 unspecified atom stereocenters. The van der Waals surface area contributed by atoms with Gasteiger partial charge in [0, 0.05) is 47.0 Å². The second-order valence-electron chi connectivity index (χ2n) is 6.62. The van der Waals surface area contributed by atoms with Crippen LogP contribution < -0.4 is 4.90 Å². The third-order valence-electron chi connectivity index (χ3n) is 4.93. The van der Waals surface area contributed by atoms with E-state index in [1.54, 1.807) is 12.1 Å². The summed E-state index contributed by atoms with van der Waals surface area (Å²) in [4.78, 5) is 14.5. The van der Waals surface area contributed by atoms with E-state index < -0.39 is 16.0 Å². The number of rotatable bonds is 4. The van der Waals surface area contributed by atoms with Crippen LogP contribution in [0.5, 0.6) is 0 Å². The summed E-state index contributed by atoms with van der Waals surface area (Å²) >= 11 is 7.21. The molecule has 0 N–H and O–H groups in total. The maximum absolute atomic E-state index is 13.5. The van der Waals surface area contributed by atoms with Crippen LogP contribution in [0, 0.1) is 0 Å². The lowest BCUT2D eigenvalue weighted by atomic mass is 10.2. The minimum Gasteiger partial charge on any atom is -0.465 e. The molecular formula is C20H19ClN2O4S2. The third kappa shape index (κ3) is 3.73. The van der Waals surface area contributed by atoms with Crippen LogP contribution in [0.3, 0.4) is 0 Å². The fourth-order valence-electron chi connectivity index (χ4n) is 3.49. The summed E-state index contributed by atoms with van der Waals surface area (Å²) in [5, 5.41) is 1.19. The number of halogens is 1. The average Bonchev–Trinajstić information content (AvgIpc) is 3.14. The standard InChI is InChI=1S/C20H19ClN2O4S2/c1-27-20(24)18-19(16-7-2-3-8-17(16)28-18)29(25,26)23-11-9-22(10-12-23)15-6-4-5-14(21)13-15/h2-8,13H,9-12H2,1H3. The fraction of sp³-hybridized carbons (Fsp3) is 0.250. The highest BCUT2D eigenvalue weighted by atomic mass is 35.5. The first-order valence-corrected chi connectivity index (χ1v) is 11.7. The number of hydrogen-bond donors (Lipinski definition) is 0. The molecule has 0 radical (unpaired) electrons. The Morgan fingerprint density at radius 2 is 1.79 bits per heavy atom. The van der Waals surface area contributed by atoms with Crippen molar-refractivity contribution in [2.24, 2.45) is 0 Å². The van der Waals surface area contributed by atoms with E-state index in [0.29, 0.717) is 36.6 Å². The van der Waals surface area contributed by atoms with Crippen LogP contribution in [0.15, 0.2) is 53.4 Å². The van der Waals surface area contributed by atoms with Crippen LogP contribution in [0.2, 0.25) is 5.02 Å². The molecule has 3 aromatic rings. The number of thiophene rings is 1. The molecule has 6 nitrogen and oxygen atoms in total. The van der Waals surface area contributed by atoms with Crippen LogP contribution in [-0.4, -0.2) is 52.0 Å². The largest absolute Gasteiger partial charge is 0.465 e. The van der Waals surface area contributed by atoms with E-state index in [9.17, 15) is 13.2 Å². The topological polar surface area (TPSA) is 66.9 Å². The molecule has 29 heavy (non-hydrogen) atoms. The normalized spacial score (nSPS) is 15.6. The zero-order valence-corrected chi connectivity index (χ0v) is 18.1. The Bertz CT molecular complexity index is 1170. The molecule has 1 saturated heterocycles. The number of ether oxygens (including phenoxy) is 1. The second-order valence-corrected chi connectivity index (χ2v) is 9.98. The highest BCUT2D eigenvalue weighted by molar-refractivity contribution is 7.89. The minimum absolute atomic E-state index is 0.0427. The molecular weight excluding hydrogens is 432 g/mol. The van der Waals surface area contributed by atoms with Crippen LogP contribution in [0.1, 0.15) is 9.67 Å². The van der Waals surface area contributed by atoms with Gasteiger partial charge in [-0.2, -0.15) is 4.31 Å². The Morgan fingerprint density at radius 1 is 1.07 bits per heavy atom. The number of carbonyl (C=O) groups is 1. The van der Waals surface area contributed by atoms with Crippen molar-refractivity contribution in [3.05, 3.63) is 58.4 Å². The summed E-state index contributed by atoms with van der Waals surface area (Å²) in [6, 6.07) is 14.6. The number of benzene rings is 2. The van der Waals surface area contributed by atoms with Crippen molar-refractivity contribution in [2.75, 3.05) is 38.2 Å². The number of anilines is 1. The molecule has 1 fully saturated rings. The van der Waals surface area contributed by atoms with Gasteiger partial charge < -0.3 is 9.64 Å². The quantitative estimate of drug-likeness (QED) is 0.565. The minimum atomic E-state index is -3.85. The van der Waals surface area contributed by atoms with Crippen molar-refractivity contribution < 1.29 is 17.9 Å². The lowest BCUT2D eigenvalue weighted by Crippen LogP contribution is -2.48. The van der Waals surface area contributed by atoms with Crippen molar-refractivity contribution in [3.63, 3.8) is 0 Å². The highest BCUT2D eigenvalue weighted by Gasteiger charge is 2.35. The Morgan fingerprint density at radius 3 is 2.48 bits per heavy atom. The van der Waals surface area contributed by atoms with Gasteiger partial charge in [-0.25, -0.2) is 13.2 Å². The highest BCUT2D eigenvalue weighted by Crippen LogP contribution is 2.37. The van der Waals surface area contributed by atoms with Crippen molar-refractivity contribution in [2.45, 2.75) is 4.90 Å². The number of piperazine rings is 1. The molecule has 9 heteroatoms. The van der Waals surface area contributed by atoms with Gasteiger partial charge in [0.25, 0.3) is 0 Å². The van der Waals surface area contributed by atoms with E-state index in [2.05, 4.69) is 4.90 Å². The molecule has 4 rings (SSSR count). The Kier molecular flexibility index (Phi) is 5.52. The van der Waals surface area contributed by atoms with Crippen LogP contribution in [0.25, 0.3) is 10.1 Å². The zero-order chi connectivity index (χ0) is 20.6. The lowest BCUT2D eigenvalue weighted by Gasteiger charge is -2.35. The predicted octanol–water partition coefficient (Wildman–Crippen LogP) is 3.85. The van der Waals surface area contributed by atoms with Crippen molar-refractivity contribution in [3.8, 4) is 0 Å². The molecule has 2 heterocycles. The molecule has 152 valence electrons. The Labute approximate surface area is 178 Å². The van der Waals surface area contributed by atoms with Crippen molar-refractivity contribution in [1.29, 1.82) is 0 Å². The van der Waals surface area contributed by atoms with Gasteiger partial charge in [-0.05, 0) is 24.3 Å². The summed E-state index contributed by atoms with van der Waals surface area (Å²) in [7, 11) is -2.60. The molecule has 2 aromatic carbocycles.